The Hall–Kier alpha value is -2.03. The maximum atomic E-state index is 5.39. The number of hydrogen-bond donors (Lipinski definition) is 0. The van der Waals surface area contributed by atoms with Gasteiger partial charge in [-0.3, -0.25) is 0 Å². The van der Waals surface area contributed by atoms with Crippen LogP contribution in [-0.4, -0.2) is 13.3 Å². The standard InChI is InChI=1S/C13H13NO2/c1-10-7-8-11(16-10)9-14-12-5-3-4-6-13(12)15-2/h3-9H,1-2H3/b14-9+. The van der Waals surface area contributed by atoms with Gasteiger partial charge in [0, 0.05) is 0 Å². The Morgan fingerprint density at radius 3 is 2.69 bits per heavy atom. The summed E-state index contributed by atoms with van der Waals surface area (Å²) in [5, 5.41) is 0. The number of aliphatic imine (C=N–C) groups is 1. The van der Waals surface area contributed by atoms with Crippen molar-refractivity contribution >= 4 is 11.9 Å². The van der Waals surface area contributed by atoms with Crippen LogP contribution in [0.2, 0.25) is 0 Å². The van der Waals surface area contributed by atoms with Crippen molar-refractivity contribution in [3.05, 3.63) is 47.9 Å². The third-order valence-corrected chi connectivity index (χ3v) is 2.18. The predicted molar refractivity (Wildman–Crippen MR) is 63.7 cm³/mol. The molecule has 0 saturated carbocycles. The summed E-state index contributed by atoms with van der Waals surface area (Å²) in [5.74, 6) is 2.37. The molecular formula is C13H13NO2. The minimum absolute atomic E-state index is 0.739. The fourth-order valence-corrected chi connectivity index (χ4v) is 1.39. The van der Waals surface area contributed by atoms with Crippen molar-refractivity contribution in [2.75, 3.05) is 7.11 Å². The first-order valence-electron chi connectivity index (χ1n) is 5.03. The highest BCUT2D eigenvalue weighted by molar-refractivity contribution is 5.79. The van der Waals surface area contributed by atoms with E-state index < -0.39 is 0 Å². The molecule has 0 spiro atoms. The van der Waals surface area contributed by atoms with Gasteiger partial charge in [0.15, 0.2) is 0 Å². The van der Waals surface area contributed by atoms with Crippen molar-refractivity contribution in [2.45, 2.75) is 6.92 Å². The first kappa shape index (κ1) is 10.5. The van der Waals surface area contributed by atoms with E-state index >= 15 is 0 Å². The van der Waals surface area contributed by atoms with Gasteiger partial charge in [-0.05, 0) is 31.2 Å². The van der Waals surface area contributed by atoms with Crippen LogP contribution in [0.15, 0.2) is 45.8 Å². The highest BCUT2D eigenvalue weighted by Gasteiger charge is 1.99. The van der Waals surface area contributed by atoms with E-state index in [0.717, 1.165) is 23.0 Å². The van der Waals surface area contributed by atoms with Gasteiger partial charge < -0.3 is 9.15 Å². The number of rotatable bonds is 3. The lowest BCUT2D eigenvalue weighted by atomic mass is 10.3. The molecule has 0 amide bonds. The molecule has 3 nitrogen and oxygen atoms in total. The van der Waals surface area contributed by atoms with Gasteiger partial charge in [0.05, 0.1) is 13.3 Å². The maximum Gasteiger partial charge on any atom is 0.145 e. The molecule has 0 N–H and O–H groups in total. The number of ether oxygens (including phenoxy) is 1. The van der Waals surface area contributed by atoms with Crippen LogP contribution in [0, 0.1) is 6.92 Å². The Morgan fingerprint density at radius 1 is 1.19 bits per heavy atom. The van der Waals surface area contributed by atoms with Crippen LogP contribution in [0.5, 0.6) is 5.75 Å². The molecule has 0 aliphatic rings. The van der Waals surface area contributed by atoms with Crippen molar-refractivity contribution in [3.63, 3.8) is 0 Å². The average molecular weight is 215 g/mol. The van der Waals surface area contributed by atoms with E-state index in [-0.39, 0.29) is 0 Å². The number of benzene rings is 1. The molecule has 0 atom stereocenters. The molecule has 2 aromatic rings. The Balaban J connectivity index is 2.23. The lowest BCUT2D eigenvalue weighted by Crippen LogP contribution is -1.83. The van der Waals surface area contributed by atoms with Crippen molar-refractivity contribution in [1.29, 1.82) is 0 Å². The Bertz CT molecular complexity index is 500. The third kappa shape index (κ3) is 2.31. The highest BCUT2D eigenvalue weighted by Crippen LogP contribution is 2.26. The summed E-state index contributed by atoms with van der Waals surface area (Å²) < 4.78 is 10.6. The molecule has 0 radical (unpaired) electrons. The zero-order chi connectivity index (χ0) is 11.4. The lowest BCUT2D eigenvalue weighted by molar-refractivity contribution is 0.416. The number of hydrogen-bond acceptors (Lipinski definition) is 3. The second-order valence-electron chi connectivity index (χ2n) is 3.38. The molecule has 16 heavy (non-hydrogen) atoms. The summed E-state index contributed by atoms with van der Waals surface area (Å²) in [4.78, 5) is 4.32. The fraction of sp³-hybridized carbons (Fsp3) is 0.154. The molecule has 3 heteroatoms. The van der Waals surface area contributed by atoms with Crippen LogP contribution in [-0.2, 0) is 0 Å². The summed E-state index contributed by atoms with van der Waals surface area (Å²) in [7, 11) is 1.63. The number of aryl methyl sites for hydroxylation is 1. The molecule has 0 saturated heterocycles. The average Bonchev–Trinajstić information content (AvgIpc) is 2.73. The van der Waals surface area contributed by atoms with E-state index in [4.69, 9.17) is 9.15 Å². The molecule has 1 aromatic carbocycles. The molecule has 0 fully saturated rings. The number of nitrogens with zero attached hydrogens (tertiary/aromatic N) is 1. The normalized spacial score (nSPS) is 10.9. The molecule has 0 bridgehead atoms. The summed E-state index contributed by atoms with van der Waals surface area (Å²) in [5.41, 5.74) is 0.791. The monoisotopic (exact) mass is 215 g/mol. The molecule has 1 aromatic heterocycles. The van der Waals surface area contributed by atoms with Crippen LogP contribution < -0.4 is 4.74 Å². The van der Waals surface area contributed by atoms with E-state index in [2.05, 4.69) is 4.99 Å². The molecular weight excluding hydrogens is 202 g/mol. The van der Waals surface area contributed by atoms with Gasteiger partial charge in [0.25, 0.3) is 0 Å². The Kier molecular flexibility index (Phi) is 3.05. The minimum Gasteiger partial charge on any atom is -0.494 e. The second kappa shape index (κ2) is 4.66. The van der Waals surface area contributed by atoms with Gasteiger partial charge in [0.1, 0.15) is 23.0 Å². The van der Waals surface area contributed by atoms with Gasteiger partial charge >= 0.3 is 0 Å². The maximum absolute atomic E-state index is 5.39. The zero-order valence-corrected chi connectivity index (χ0v) is 9.31. The van der Waals surface area contributed by atoms with Crippen LogP contribution in [0.1, 0.15) is 11.5 Å². The molecule has 0 aliphatic carbocycles. The van der Waals surface area contributed by atoms with E-state index in [1.807, 2.05) is 43.3 Å². The fourth-order valence-electron chi connectivity index (χ4n) is 1.39. The van der Waals surface area contributed by atoms with Crippen molar-refractivity contribution < 1.29 is 9.15 Å². The van der Waals surface area contributed by atoms with Gasteiger partial charge in [-0.1, -0.05) is 12.1 Å². The quantitative estimate of drug-likeness (QED) is 0.736. The van der Waals surface area contributed by atoms with Crippen LogP contribution in [0.4, 0.5) is 5.69 Å². The first-order chi connectivity index (χ1) is 7.79. The largest absolute Gasteiger partial charge is 0.494 e. The van der Waals surface area contributed by atoms with E-state index in [1.54, 1.807) is 13.3 Å². The molecule has 0 unspecified atom stereocenters. The van der Waals surface area contributed by atoms with Gasteiger partial charge in [-0.2, -0.15) is 0 Å². The number of furan rings is 1. The number of para-hydroxylation sites is 2. The zero-order valence-electron chi connectivity index (χ0n) is 9.31. The topological polar surface area (TPSA) is 34.7 Å². The van der Waals surface area contributed by atoms with Crippen molar-refractivity contribution in [3.8, 4) is 5.75 Å². The van der Waals surface area contributed by atoms with Gasteiger partial charge in [-0.25, -0.2) is 4.99 Å². The summed E-state index contributed by atoms with van der Waals surface area (Å²) in [6.45, 7) is 1.90. The lowest BCUT2D eigenvalue weighted by Gasteiger charge is -2.01. The summed E-state index contributed by atoms with van der Waals surface area (Å²) in [6.07, 6.45) is 1.69. The van der Waals surface area contributed by atoms with E-state index in [9.17, 15) is 0 Å². The van der Waals surface area contributed by atoms with Crippen LogP contribution in [0.25, 0.3) is 0 Å². The minimum atomic E-state index is 0.739. The Morgan fingerprint density at radius 2 is 2.00 bits per heavy atom. The van der Waals surface area contributed by atoms with E-state index in [0.29, 0.717) is 0 Å². The predicted octanol–water partition coefficient (Wildman–Crippen LogP) is 3.35. The SMILES string of the molecule is COc1ccccc1/N=C/c1ccc(C)o1. The molecule has 82 valence electrons. The van der Waals surface area contributed by atoms with E-state index in [1.165, 1.54) is 0 Å². The smallest absolute Gasteiger partial charge is 0.145 e. The summed E-state index contributed by atoms with van der Waals surface area (Å²) in [6, 6.07) is 11.4. The van der Waals surface area contributed by atoms with Crippen molar-refractivity contribution in [2.24, 2.45) is 4.99 Å². The van der Waals surface area contributed by atoms with Crippen molar-refractivity contribution in [1.82, 2.24) is 0 Å². The van der Waals surface area contributed by atoms with Crippen LogP contribution in [0.3, 0.4) is 0 Å². The Labute approximate surface area is 94.4 Å². The highest BCUT2D eigenvalue weighted by atomic mass is 16.5. The molecule has 1 heterocycles. The van der Waals surface area contributed by atoms with Gasteiger partial charge in [0.2, 0.25) is 0 Å². The first-order valence-corrected chi connectivity index (χ1v) is 5.03. The molecule has 0 aliphatic heterocycles. The van der Waals surface area contributed by atoms with Crippen LogP contribution >= 0.6 is 0 Å². The summed E-state index contributed by atoms with van der Waals surface area (Å²) >= 11 is 0. The number of methoxy groups -OCH3 is 1. The second-order valence-corrected chi connectivity index (χ2v) is 3.38. The molecule has 2 rings (SSSR count). The van der Waals surface area contributed by atoms with Gasteiger partial charge in [-0.15, -0.1) is 0 Å². The third-order valence-electron chi connectivity index (χ3n) is 2.18.